The van der Waals surface area contributed by atoms with E-state index in [9.17, 15) is 9.00 Å². The number of anilines is 1. The molecule has 1 amide bonds. The third kappa shape index (κ3) is 4.63. The summed E-state index contributed by atoms with van der Waals surface area (Å²) in [5, 5.41) is 4.08. The Morgan fingerprint density at radius 3 is 2.33 bits per heavy atom. The zero-order chi connectivity index (χ0) is 25.8. The van der Waals surface area contributed by atoms with Gasteiger partial charge in [-0.15, -0.1) is 0 Å². The van der Waals surface area contributed by atoms with Crippen LogP contribution in [0.1, 0.15) is 6.92 Å². The van der Waals surface area contributed by atoms with Gasteiger partial charge in [-0.2, -0.15) is 0 Å². The number of imidazole rings is 1. The molecule has 0 spiro atoms. The Hall–Kier alpha value is -4.31. The SMILES string of the molecule is CCNc1ccc(-c2ccc3ncc4c(c3c2)n(-c2ccc(S(C)=O)cc2)c(=O)n4C)cn1.NC=O. The molecule has 10 heteroatoms. The summed E-state index contributed by atoms with van der Waals surface area (Å²) in [6, 6.07) is 17.3. The van der Waals surface area contributed by atoms with Gasteiger partial charge in [-0.1, -0.05) is 6.07 Å². The van der Waals surface area contributed by atoms with Crippen LogP contribution in [0.25, 0.3) is 38.8 Å². The highest BCUT2D eigenvalue weighted by atomic mass is 32.2. The average molecular weight is 503 g/mol. The van der Waals surface area contributed by atoms with Crippen LogP contribution in [-0.2, 0) is 22.6 Å². The van der Waals surface area contributed by atoms with Gasteiger partial charge in [0.1, 0.15) is 5.82 Å². The number of nitrogens with zero attached hydrogens (tertiary/aromatic N) is 4. The molecule has 0 aliphatic heterocycles. The van der Waals surface area contributed by atoms with Gasteiger partial charge < -0.3 is 11.1 Å². The summed E-state index contributed by atoms with van der Waals surface area (Å²) in [6.07, 6.45) is 5.46. The standard InChI is InChI=1S/C25H23N5O2S.CH3NO/c1-4-26-23-12-6-17(14-28-23)16-5-11-21-20(13-16)24-22(15-27-21)29(2)25(31)30(24)18-7-9-19(10-8-18)33(3)32;2-1-3/h5-15H,4H2,1-3H3,(H,26,28);1H,(H2,2,3). The van der Waals surface area contributed by atoms with Crippen molar-refractivity contribution < 1.29 is 9.00 Å². The molecule has 1 unspecified atom stereocenters. The lowest BCUT2D eigenvalue weighted by Gasteiger charge is -2.09. The van der Waals surface area contributed by atoms with E-state index in [4.69, 9.17) is 4.79 Å². The van der Waals surface area contributed by atoms with Crippen molar-refractivity contribution in [2.75, 3.05) is 18.1 Å². The van der Waals surface area contributed by atoms with Crippen molar-refractivity contribution in [3.63, 3.8) is 0 Å². The number of fused-ring (bicyclic) bond motifs is 3. The van der Waals surface area contributed by atoms with E-state index in [1.165, 1.54) is 0 Å². The third-order valence-corrected chi connectivity index (χ3v) is 6.70. The maximum Gasteiger partial charge on any atom is 0.333 e. The van der Waals surface area contributed by atoms with Crippen molar-refractivity contribution in [3.8, 4) is 16.8 Å². The Labute approximate surface area is 210 Å². The predicted octanol–water partition coefficient (Wildman–Crippen LogP) is 3.21. The molecular formula is C26H26N6O3S. The number of benzene rings is 2. The summed E-state index contributed by atoms with van der Waals surface area (Å²) in [4.78, 5) is 31.6. The largest absolute Gasteiger partial charge is 0.372 e. The molecule has 2 aromatic carbocycles. The number of carbonyl (C=O) groups excluding carboxylic acids is 1. The Kier molecular flexibility index (Phi) is 7.25. The van der Waals surface area contributed by atoms with Gasteiger partial charge in [0.05, 0.1) is 28.4 Å². The van der Waals surface area contributed by atoms with Crippen LogP contribution in [0, 0.1) is 0 Å². The van der Waals surface area contributed by atoms with Crippen molar-refractivity contribution in [1.82, 2.24) is 19.1 Å². The summed E-state index contributed by atoms with van der Waals surface area (Å²) < 4.78 is 15.1. The molecule has 3 N–H and O–H groups in total. The predicted molar refractivity (Wildman–Crippen MR) is 144 cm³/mol. The smallest absolute Gasteiger partial charge is 0.333 e. The average Bonchev–Trinajstić information content (AvgIpc) is 3.15. The molecule has 5 rings (SSSR count). The van der Waals surface area contributed by atoms with Gasteiger partial charge in [0.2, 0.25) is 6.41 Å². The van der Waals surface area contributed by atoms with Crippen LogP contribution < -0.4 is 16.7 Å². The van der Waals surface area contributed by atoms with Gasteiger partial charge >= 0.3 is 5.69 Å². The van der Waals surface area contributed by atoms with Crippen molar-refractivity contribution in [1.29, 1.82) is 0 Å². The fourth-order valence-electron chi connectivity index (χ4n) is 4.05. The molecule has 0 radical (unpaired) electrons. The zero-order valence-electron chi connectivity index (χ0n) is 20.1. The summed E-state index contributed by atoms with van der Waals surface area (Å²) in [5.74, 6) is 0.833. The molecule has 0 saturated carbocycles. The number of primary amides is 1. The Morgan fingerprint density at radius 2 is 1.72 bits per heavy atom. The van der Waals surface area contributed by atoms with E-state index < -0.39 is 10.8 Å². The third-order valence-electron chi connectivity index (χ3n) is 5.76. The minimum Gasteiger partial charge on any atom is -0.372 e. The van der Waals surface area contributed by atoms with Gasteiger partial charge in [-0.05, 0) is 61.0 Å². The first kappa shape index (κ1) is 24.8. The quantitative estimate of drug-likeness (QED) is 0.356. The molecule has 9 nitrogen and oxygen atoms in total. The lowest BCUT2D eigenvalue weighted by Crippen LogP contribution is -2.20. The molecule has 1 atom stereocenters. The van der Waals surface area contributed by atoms with Gasteiger partial charge in [0.25, 0.3) is 0 Å². The number of carbonyl (C=O) groups is 1. The number of amides is 1. The Bertz CT molecular complexity index is 1620. The van der Waals surface area contributed by atoms with E-state index in [-0.39, 0.29) is 12.1 Å². The molecule has 0 aliphatic rings. The second-order valence-electron chi connectivity index (χ2n) is 7.95. The van der Waals surface area contributed by atoms with Crippen LogP contribution in [0.3, 0.4) is 0 Å². The molecule has 3 heterocycles. The number of aryl methyl sites for hydroxylation is 1. The molecule has 3 aromatic heterocycles. The number of hydrogen-bond acceptors (Lipinski definition) is 6. The van der Waals surface area contributed by atoms with E-state index in [1.807, 2.05) is 49.5 Å². The van der Waals surface area contributed by atoms with E-state index in [0.29, 0.717) is 4.90 Å². The highest BCUT2D eigenvalue weighted by Gasteiger charge is 2.17. The number of aromatic nitrogens is 4. The van der Waals surface area contributed by atoms with Crippen molar-refractivity contribution >= 4 is 45.0 Å². The first-order chi connectivity index (χ1) is 17.4. The number of rotatable bonds is 5. The van der Waals surface area contributed by atoms with Gasteiger partial charge in [0.15, 0.2) is 0 Å². The first-order valence-corrected chi connectivity index (χ1v) is 12.7. The van der Waals surface area contributed by atoms with Crippen LogP contribution in [-0.4, -0.2) is 42.5 Å². The van der Waals surface area contributed by atoms with E-state index in [0.717, 1.165) is 51.1 Å². The maximum atomic E-state index is 13.2. The van der Waals surface area contributed by atoms with Crippen molar-refractivity contribution in [3.05, 3.63) is 77.5 Å². The van der Waals surface area contributed by atoms with Crippen LogP contribution in [0.15, 0.2) is 76.7 Å². The second kappa shape index (κ2) is 10.5. The van der Waals surface area contributed by atoms with Crippen LogP contribution >= 0.6 is 0 Å². The fourth-order valence-corrected chi connectivity index (χ4v) is 4.57. The Balaban J connectivity index is 0.000000967. The summed E-state index contributed by atoms with van der Waals surface area (Å²) >= 11 is 0. The van der Waals surface area contributed by atoms with E-state index in [2.05, 4.69) is 27.1 Å². The molecule has 0 aliphatic carbocycles. The highest BCUT2D eigenvalue weighted by Crippen LogP contribution is 2.30. The zero-order valence-corrected chi connectivity index (χ0v) is 21.0. The molecule has 36 heavy (non-hydrogen) atoms. The summed E-state index contributed by atoms with van der Waals surface area (Å²) in [6.45, 7) is 2.85. The number of nitrogens with one attached hydrogen (secondary N) is 1. The lowest BCUT2D eigenvalue weighted by molar-refractivity contribution is -0.106. The summed E-state index contributed by atoms with van der Waals surface area (Å²) in [7, 11) is 0.664. The van der Waals surface area contributed by atoms with Gasteiger partial charge in [0, 0.05) is 52.7 Å². The van der Waals surface area contributed by atoms with Crippen LogP contribution in [0.2, 0.25) is 0 Å². The van der Waals surface area contributed by atoms with Crippen molar-refractivity contribution in [2.24, 2.45) is 12.8 Å². The van der Waals surface area contributed by atoms with Crippen LogP contribution in [0.4, 0.5) is 5.82 Å². The molecule has 5 aromatic rings. The minimum atomic E-state index is -1.08. The topological polar surface area (TPSA) is 125 Å². The monoisotopic (exact) mass is 502 g/mol. The summed E-state index contributed by atoms with van der Waals surface area (Å²) in [5.41, 5.74) is 9.03. The fraction of sp³-hybridized carbons (Fsp3) is 0.154. The molecule has 184 valence electrons. The minimum absolute atomic E-state index is 0.160. The molecule has 0 saturated heterocycles. The van der Waals surface area contributed by atoms with Gasteiger partial charge in [-0.3, -0.25) is 23.1 Å². The van der Waals surface area contributed by atoms with Crippen LogP contribution in [0.5, 0.6) is 0 Å². The maximum absolute atomic E-state index is 13.2. The molecule has 0 bridgehead atoms. The number of pyridine rings is 2. The molecular weight excluding hydrogens is 476 g/mol. The van der Waals surface area contributed by atoms with E-state index in [1.54, 1.807) is 40.8 Å². The number of nitrogens with two attached hydrogens (primary N) is 1. The second-order valence-corrected chi connectivity index (χ2v) is 9.33. The lowest BCUT2D eigenvalue weighted by atomic mass is 10.0. The Morgan fingerprint density at radius 1 is 1.03 bits per heavy atom. The normalized spacial score (nSPS) is 11.6. The van der Waals surface area contributed by atoms with Gasteiger partial charge in [-0.25, -0.2) is 9.78 Å². The van der Waals surface area contributed by atoms with E-state index >= 15 is 0 Å². The van der Waals surface area contributed by atoms with Crippen molar-refractivity contribution in [2.45, 2.75) is 11.8 Å². The molecule has 0 fully saturated rings. The highest BCUT2D eigenvalue weighted by molar-refractivity contribution is 7.84. The first-order valence-electron chi connectivity index (χ1n) is 11.2. The number of hydrogen-bond donors (Lipinski definition) is 2.